The molecule has 0 aliphatic carbocycles. The number of carbonyl (C=O) groups is 2. The number of rotatable bonds is 5. The molecule has 1 atom stereocenters. The summed E-state index contributed by atoms with van der Waals surface area (Å²) in [6.45, 7) is 8.03. The van der Waals surface area contributed by atoms with Crippen LogP contribution in [0.15, 0.2) is 24.0 Å². The van der Waals surface area contributed by atoms with Gasteiger partial charge in [0.1, 0.15) is 5.82 Å². The molecule has 1 amide bonds. The molecular formula is C14H22N2O3. The lowest BCUT2D eigenvalue weighted by Crippen LogP contribution is -2.35. The van der Waals surface area contributed by atoms with Gasteiger partial charge in [0.15, 0.2) is 0 Å². The molecule has 1 aliphatic heterocycles. The number of nitrogens with zero attached hydrogens (tertiary/aromatic N) is 2. The highest BCUT2D eigenvalue weighted by atomic mass is 16.5. The molecule has 1 aliphatic rings. The van der Waals surface area contributed by atoms with Crippen LogP contribution >= 0.6 is 0 Å². The van der Waals surface area contributed by atoms with Crippen molar-refractivity contribution in [2.75, 3.05) is 27.2 Å². The molecule has 1 saturated heterocycles. The summed E-state index contributed by atoms with van der Waals surface area (Å²) in [5, 5.41) is 0. The summed E-state index contributed by atoms with van der Waals surface area (Å²) in [4.78, 5) is 27.5. The first-order valence-corrected chi connectivity index (χ1v) is 6.43. The Bertz CT molecular complexity index is 413. The van der Waals surface area contributed by atoms with Gasteiger partial charge in [-0.15, -0.1) is 6.58 Å². The van der Waals surface area contributed by atoms with Crippen molar-refractivity contribution in [2.24, 2.45) is 5.92 Å². The van der Waals surface area contributed by atoms with Crippen LogP contribution in [0, 0.1) is 5.92 Å². The largest absolute Gasteiger partial charge is 0.463 e. The zero-order chi connectivity index (χ0) is 14.6. The van der Waals surface area contributed by atoms with E-state index in [0.717, 1.165) is 6.42 Å². The van der Waals surface area contributed by atoms with Gasteiger partial charge >= 0.3 is 5.97 Å². The van der Waals surface area contributed by atoms with Crippen LogP contribution in [0.5, 0.6) is 0 Å². The third-order valence-corrected chi connectivity index (χ3v) is 3.13. The summed E-state index contributed by atoms with van der Waals surface area (Å²) in [7, 11) is 3.62. The van der Waals surface area contributed by atoms with Crippen LogP contribution in [0.1, 0.15) is 20.3 Å². The molecule has 1 unspecified atom stereocenters. The predicted octanol–water partition coefficient (Wildman–Crippen LogP) is 1.38. The summed E-state index contributed by atoms with van der Waals surface area (Å²) in [6.07, 6.45) is 2.39. The number of esters is 1. The SMILES string of the molecule is C=CC1CCN(/C(=C(\C)C(=O)OCC)N(C)C)C1=O. The summed E-state index contributed by atoms with van der Waals surface area (Å²) in [6, 6.07) is 0. The van der Waals surface area contributed by atoms with Crippen molar-refractivity contribution in [1.29, 1.82) is 0 Å². The quantitative estimate of drug-likeness (QED) is 0.428. The molecular weight excluding hydrogens is 244 g/mol. The summed E-state index contributed by atoms with van der Waals surface area (Å²) >= 11 is 0. The van der Waals surface area contributed by atoms with Gasteiger partial charge in [0.25, 0.3) is 0 Å². The van der Waals surface area contributed by atoms with Crippen molar-refractivity contribution in [3.8, 4) is 0 Å². The third-order valence-electron chi connectivity index (χ3n) is 3.13. The van der Waals surface area contributed by atoms with E-state index < -0.39 is 0 Å². The Morgan fingerprint density at radius 2 is 2.21 bits per heavy atom. The normalized spacial score (nSPS) is 20.1. The maximum atomic E-state index is 12.2. The molecule has 0 aromatic rings. The minimum Gasteiger partial charge on any atom is -0.463 e. The number of likely N-dealkylation sites (tertiary alicyclic amines) is 1. The maximum absolute atomic E-state index is 12.2. The van der Waals surface area contributed by atoms with Gasteiger partial charge in [-0.05, 0) is 20.3 Å². The van der Waals surface area contributed by atoms with Crippen LogP contribution in [0.25, 0.3) is 0 Å². The van der Waals surface area contributed by atoms with Crippen LogP contribution < -0.4 is 0 Å². The Morgan fingerprint density at radius 1 is 1.58 bits per heavy atom. The second-order valence-electron chi connectivity index (χ2n) is 4.68. The van der Waals surface area contributed by atoms with E-state index in [2.05, 4.69) is 6.58 Å². The van der Waals surface area contributed by atoms with Crippen molar-refractivity contribution in [3.05, 3.63) is 24.0 Å². The number of hydrogen-bond donors (Lipinski definition) is 0. The lowest BCUT2D eigenvalue weighted by atomic mass is 10.1. The van der Waals surface area contributed by atoms with Gasteiger partial charge in [0.2, 0.25) is 5.91 Å². The van der Waals surface area contributed by atoms with Crippen LogP contribution in [0.2, 0.25) is 0 Å². The van der Waals surface area contributed by atoms with Crippen LogP contribution in [0.4, 0.5) is 0 Å². The van der Waals surface area contributed by atoms with E-state index in [9.17, 15) is 9.59 Å². The molecule has 19 heavy (non-hydrogen) atoms. The molecule has 5 heteroatoms. The highest BCUT2D eigenvalue weighted by Gasteiger charge is 2.34. The van der Waals surface area contributed by atoms with Crippen molar-refractivity contribution in [1.82, 2.24) is 9.80 Å². The summed E-state index contributed by atoms with van der Waals surface area (Å²) < 4.78 is 5.00. The second kappa shape index (κ2) is 6.41. The molecule has 1 rings (SSSR count). The van der Waals surface area contributed by atoms with Gasteiger partial charge < -0.3 is 9.64 Å². The van der Waals surface area contributed by atoms with E-state index in [1.165, 1.54) is 0 Å². The van der Waals surface area contributed by atoms with Crippen molar-refractivity contribution in [2.45, 2.75) is 20.3 Å². The molecule has 1 heterocycles. The third kappa shape index (κ3) is 3.16. The fraction of sp³-hybridized carbons (Fsp3) is 0.571. The lowest BCUT2D eigenvalue weighted by Gasteiger charge is -2.28. The zero-order valence-electron chi connectivity index (χ0n) is 12.1. The van der Waals surface area contributed by atoms with Gasteiger partial charge in [0.05, 0.1) is 18.1 Å². The summed E-state index contributed by atoms with van der Waals surface area (Å²) in [5.41, 5.74) is 0.449. The Hall–Kier alpha value is -1.78. The Balaban J connectivity index is 3.08. The molecule has 106 valence electrons. The van der Waals surface area contributed by atoms with Gasteiger partial charge in [-0.1, -0.05) is 6.08 Å². The lowest BCUT2D eigenvalue weighted by molar-refractivity contribution is -0.138. The molecule has 0 aromatic carbocycles. The molecule has 5 nitrogen and oxygen atoms in total. The Morgan fingerprint density at radius 3 is 2.63 bits per heavy atom. The van der Waals surface area contributed by atoms with Crippen LogP contribution in [-0.2, 0) is 14.3 Å². The first-order valence-electron chi connectivity index (χ1n) is 6.43. The van der Waals surface area contributed by atoms with E-state index >= 15 is 0 Å². The Labute approximate surface area is 114 Å². The fourth-order valence-electron chi connectivity index (χ4n) is 2.24. The number of carbonyl (C=O) groups excluding carboxylic acids is 2. The standard InChI is InChI=1S/C14H22N2O3/c1-6-11-8-9-16(13(11)17)12(15(4)5)10(3)14(18)19-7-2/h6,11H,1,7-9H2,2-5H3/b12-10+. The first-order chi connectivity index (χ1) is 8.93. The van der Waals surface area contributed by atoms with Crippen molar-refractivity contribution in [3.63, 3.8) is 0 Å². The average molecular weight is 266 g/mol. The number of hydrogen-bond acceptors (Lipinski definition) is 4. The minimum atomic E-state index is -0.388. The van der Waals surface area contributed by atoms with Gasteiger partial charge in [-0.3, -0.25) is 9.69 Å². The first kappa shape index (κ1) is 15.3. The highest BCUT2D eigenvalue weighted by Crippen LogP contribution is 2.26. The van der Waals surface area contributed by atoms with E-state index in [0.29, 0.717) is 24.5 Å². The highest BCUT2D eigenvalue weighted by molar-refractivity contribution is 5.91. The molecule has 0 aromatic heterocycles. The minimum absolute atomic E-state index is 0.0117. The smallest absolute Gasteiger partial charge is 0.337 e. The maximum Gasteiger partial charge on any atom is 0.337 e. The van der Waals surface area contributed by atoms with E-state index in [1.807, 2.05) is 14.1 Å². The molecule has 1 fully saturated rings. The molecule has 0 saturated carbocycles. The molecule has 0 bridgehead atoms. The molecule has 0 spiro atoms. The topological polar surface area (TPSA) is 49.9 Å². The second-order valence-corrected chi connectivity index (χ2v) is 4.68. The predicted molar refractivity (Wildman–Crippen MR) is 73.0 cm³/mol. The van der Waals surface area contributed by atoms with Gasteiger partial charge in [0, 0.05) is 20.6 Å². The molecule has 0 radical (unpaired) electrons. The van der Waals surface area contributed by atoms with E-state index in [4.69, 9.17) is 4.74 Å². The van der Waals surface area contributed by atoms with Crippen molar-refractivity contribution >= 4 is 11.9 Å². The van der Waals surface area contributed by atoms with E-state index in [1.54, 1.807) is 29.7 Å². The van der Waals surface area contributed by atoms with Crippen LogP contribution in [0.3, 0.4) is 0 Å². The molecule has 0 N–H and O–H groups in total. The summed E-state index contributed by atoms with van der Waals surface area (Å²) in [5.74, 6) is 0.0427. The number of ether oxygens (including phenoxy) is 1. The van der Waals surface area contributed by atoms with E-state index in [-0.39, 0.29) is 17.8 Å². The average Bonchev–Trinajstić information content (AvgIpc) is 2.71. The van der Waals surface area contributed by atoms with Crippen molar-refractivity contribution < 1.29 is 14.3 Å². The zero-order valence-corrected chi connectivity index (χ0v) is 12.1. The monoisotopic (exact) mass is 266 g/mol. The number of amides is 1. The fourth-order valence-corrected chi connectivity index (χ4v) is 2.24. The van der Waals surface area contributed by atoms with Gasteiger partial charge in [-0.2, -0.15) is 0 Å². The Kier molecular flexibility index (Phi) is 5.15. The van der Waals surface area contributed by atoms with Gasteiger partial charge in [-0.25, -0.2) is 4.79 Å². The van der Waals surface area contributed by atoms with Crippen LogP contribution in [-0.4, -0.2) is 48.9 Å².